The van der Waals surface area contributed by atoms with Gasteiger partial charge in [-0.2, -0.15) is 0 Å². The standard InChI is InChI=1S/C15H17N3O2/c1-15(2)6-3-7-18(15)13-11-5-4-10(14(19)20)8-12(11)16-9-17-13/h4-5,8-9H,3,6-7H2,1-2H3,(H,19,20). The highest BCUT2D eigenvalue weighted by Gasteiger charge is 2.33. The molecular weight excluding hydrogens is 254 g/mol. The second kappa shape index (κ2) is 4.44. The maximum atomic E-state index is 11.0. The minimum atomic E-state index is -0.937. The molecule has 2 aromatic rings. The minimum absolute atomic E-state index is 0.0761. The van der Waals surface area contributed by atoms with Gasteiger partial charge >= 0.3 is 5.97 Å². The fourth-order valence-electron chi connectivity index (χ4n) is 2.89. The van der Waals surface area contributed by atoms with Gasteiger partial charge in [-0.25, -0.2) is 14.8 Å². The molecule has 5 nitrogen and oxygen atoms in total. The Hall–Kier alpha value is -2.17. The number of benzene rings is 1. The largest absolute Gasteiger partial charge is 0.478 e. The summed E-state index contributed by atoms with van der Waals surface area (Å²) in [7, 11) is 0. The van der Waals surface area contributed by atoms with Crippen molar-refractivity contribution in [1.29, 1.82) is 0 Å². The fourth-order valence-corrected chi connectivity index (χ4v) is 2.89. The number of aromatic carboxylic acids is 1. The first-order chi connectivity index (χ1) is 9.49. The molecule has 0 amide bonds. The molecule has 1 N–H and O–H groups in total. The van der Waals surface area contributed by atoms with Gasteiger partial charge in [-0.05, 0) is 44.9 Å². The van der Waals surface area contributed by atoms with E-state index in [4.69, 9.17) is 5.11 Å². The molecule has 0 radical (unpaired) electrons. The van der Waals surface area contributed by atoms with Crippen molar-refractivity contribution in [2.75, 3.05) is 11.4 Å². The molecular formula is C15H17N3O2. The third-order valence-electron chi connectivity index (χ3n) is 4.02. The van der Waals surface area contributed by atoms with Gasteiger partial charge in [0.05, 0.1) is 11.1 Å². The summed E-state index contributed by atoms with van der Waals surface area (Å²) in [6.45, 7) is 5.39. The van der Waals surface area contributed by atoms with Crippen molar-refractivity contribution in [3.63, 3.8) is 0 Å². The molecule has 1 fully saturated rings. The maximum absolute atomic E-state index is 11.0. The smallest absolute Gasteiger partial charge is 0.335 e. The van der Waals surface area contributed by atoms with Crippen LogP contribution in [0.4, 0.5) is 5.82 Å². The average molecular weight is 271 g/mol. The van der Waals surface area contributed by atoms with E-state index in [0.29, 0.717) is 5.52 Å². The molecule has 1 aromatic heterocycles. The predicted octanol–water partition coefficient (Wildman–Crippen LogP) is 2.71. The first-order valence-electron chi connectivity index (χ1n) is 6.75. The molecule has 3 rings (SSSR count). The number of hydrogen-bond donors (Lipinski definition) is 1. The average Bonchev–Trinajstić information content (AvgIpc) is 2.76. The molecule has 1 saturated heterocycles. The van der Waals surface area contributed by atoms with Crippen LogP contribution in [0, 0.1) is 0 Å². The fraction of sp³-hybridized carbons (Fsp3) is 0.400. The van der Waals surface area contributed by atoms with Crippen LogP contribution in [-0.4, -0.2) is 33.1 Å². The van der Waals surface area contributed by atoms with Crippen molar-refractivity contribution in [2.24, 2.45) is 0 Å². The Morgan fingerprint density at radius 3 is 2.80 bits per heavy atom. The Bertz CT molecular complexity index is 682. The van der Waals surface area contributed by atoms with E-state index in [1.165, 1.54) is 6.33 Å². The van der Waals surface area contributed by atoms with E-state index < -0.39 is 5.97 Å². The van der Waals surface area contributed by atoms with E-state index in [9.17, 15) is 4.79 Å². The highest BCUT2D eigenvalue weighted by atomic mass is 16.4. The second-order valence-electron chi connectivity index (χ2n) is 5.80. The molecule has 2 heterocycles. The van der Waals surface area contributed by atoms with E-state index in [1.807, 2.05) is 6.07 Å². The van der Waals surface area contributed by atoms with Crippen molar-refractivity contribution in [2.45, 2.75) is 32.2 Å². The first-order valence-corrected chi connectivity index (χ1v) is 6.75. The monoisotopic (exact) mass is 271 g/mol. The molecule has 1 aliphatic heterocycles. The highest BCUT2D eigenvalue weighted by Crippen LogP contribution is 2.35. The Kier molecular flexibility index (Phi) is 2.85. The van der Waals surface area contributed by atoms with Gasteiger partial charge in [-0.15, -0.1) is 0 Å². The zero-order valence-electron chi connectivity index (χ0n) is 11.6. The van der Waals surface area contributed by atoms with Crippen LogP contribution < -0.4 is 4.90 Å². The number of carboxylic acids is 1. The van der Waals surface area contributed by atoms with Crippen LogP contribution in [0.1, 0.15) is 37.0 Å². The lowest BCUT2D eigenvalue weighted by Gasteiger charge is -2.33. The van der Waals surface area contributed by atoms with E-state index in [-0.39, 0.29) is 11.1 Å². The lowest BCUT2D eigenvalue weighted by atomic mass is 10.0. The lowest BCUT2D eigenvalue weighted by Crippen LogP contribution is -2.38. The molecule has 1 aromatic carbocycles. The van der Waals surface area contributed by atoms with E-state index >= 15 is 0 Å². The van der Waals surface area contributed by atoms with E-state index in [1.54, 1.807) is 12.1 Å². The van der Waals surface area contributed by atoms with Crippen LogP contribution >= 0.6 is 0 Å². The first kappa shape index (κ1) is 12.8. The molecule has 0 aliphatic carbocycles. The molecule has 0 spiro atoms. The van der Waals surface area contributed by atoms with Gasteiger partial charge in [0.1, 0.15) is 12.1 Å². The molecule has 0 bridgehead atoms. The molecule has 0 saturated carbocycles. The minimum Gasteiger partial charge on any atom is -0.478 e. The Morgan fingerprint density at radius 2 is 2.15 bits per heavy atom. The quantitative estimate of drug-likeness (QED) is 0.909. The van der Waals surface area contributed by atoms with Crippen molar-refractivity contribution < 1.29 is 9.90 Å². The molecule has 20 heavy (non-hydrogen) atoms. The van der Waals surface area contributed by atoms with Crippen molar-refractivity contribution >= 4 is 22.7 Å². The van der Waals surface area contributed by atoms with Crippen molar-refractivity contribution in [1.82, 2.24) is 9.97 Å². The summed E-state index contributed by atoms with van der Waals surface area (Å²) in [5, 5.41) is 9.96. The Balaban J connectivity index is 2.15. The van der Waals surface area contributed by atoms with Crippen LogP contribution in [0.15, 0.2) is 24.5 Å². The molecule has 0 atom stereocenters. The van der Waals surface area contributed by atoms with Gasteiger partial charge in [0.15, 0.2) is 0 Å². The van der Waals surface area contributed by atoms with Gasteiger partial charge in [-0.3, -0.25) is 0 Å². The number of carboxylic acid groups (broad SMARTS) is 1. The van der Waals surface area contributed by atoms with Gasteiger partial charge in [0, 0.05) is 17.5 Å². The molecule has 104 valence electrons. The van der Waals surface area contributed by atoms with Crippen LogP contribution in [0.5, 0.6) is 0 Å². The number of carbonyl (C=O) groups is 1. The predicted molar refractivity (Wildman–Crippen MR) is 77.2 cm³/mol. The summed E-state index contributed by atoms with van der Waals surface area (Å²) in [5.74, 6) is -0.0389. The molecule has 1 aliphatic rings. The summed E-state index contributed by atoms with van der Waals surface area (Å²) in [4.78, 5) is 22.0. The van der Waals surface area contributed by atoms with Crippen molar-refractivity contribution in [3.8, 4) is 0 Å². The lowest BCUT2D eigenvalue weighted by molar-refractivity contribution is 0.0697. The third-order valence-corrected chi connectivity index (χ3v) is 4.02. The normalized spacial score (nSPS) is 17.6. The zero-order valence-corrected chi connectivity index (χ0v) is 11.6. The van der Waals surface area contributed by atoms with E-state index in [2.05, 4.69) is 28.7 Å². The SMILES string of the molecule is CC1(C)CCCN1c1ncnc2cc(C(=O)O)ccc12. The van der Waals surface area contributed by atoms with Crippen LogP contribution in [-0.2, 0) is 0 Å². The summed E-state index contributed by atoms with van der Waals surface area (Å²) in [6.07, 6.45) is 3.79. The maximum Gasteiger partial charge on any atom is 0.335 e. The number of anilines is 1. The van der Waals surface area contributed by atoms with Crippen LogP contribution in [0.25, 0.3) is 10.9 Å². The summed E-state index contributed by atoms with van der Waals surface area (Å²) in [6, 6.07) is 5.02. The van der Waals surface area contributed by atoms with Crippen LogP contribution in [0.3, 0.4) is 0 Å². The molecule has 5 heteroatoms. The Labute approximate surface area is 117 Å². The summed E-state index contributed by atoms with van der Waals surface area (Å²) >= 11 is 0. The van der Waals surface area contributed by atoms with Gasteiger partial charge in [0.2, 0.25) is 0 Å². The Morgan fingerprint density at radius 1 is 1.35 bits per heavy atom. The van der Waals surface area contributed by atoms with Gasteiger partial charge in [0.25, 0.3) is 0 Å². The topological polar surface area (TPSA) is 66.3 Å². The van der Waals surface area contributed by atoms with E-state index in [0.717, 1.165) is 30.6 Å². The second-order valence-corrected chi connectivity index (χ2v) is 5.80. The van der Waals surface area contributed by atoms with Gasteiger partial charge < -0.3 is 10.0 Å². The summed E-state index contributed by atoms with van der Waals surface area (Å²) in [5.41, 5.74) is 1.01. The number of fused-ring (bicyclic) bond motifs is 1. The number of rotatable bonds is 2. The highest BCUT2D eigenvalue weighted by molar-refractivity contribution is 5.96. The number of hydrogen-bond acceptors (Lipinski definition) is 4. The zero-order chi connectivity index (χ0) is 14.3. The molecule has 0 unspecified atom stereocenters. The van der Waals surface area contributed by atoms with Crippen molar-refractivity contribution in [3.05, 3.63) is 30.1 Å². The number of aromatic nitrogens is 2. The van der Waals surface area contributed by atoms with Gasteiger partial charge in [-0.1, -0.05) is 0 Å². The van der Waals surface area contributed by atoms with Crippen LogP contribution in [0.2, 0.25) is 0 Å². The summed E-state index contributed by atoms with van der Waals surface area (Å²) < 4.78 is 0. The third kappa shape index (κ3) is 1.99. The number of nitrogens with zero attached hydrogens (tertiary/aromatic N) is 3.